The SMILES string of the molecule is C=Cc1ccccc1-c1cccc(C2=NC(SC3CCCCC3)C(=O)N(CC(F)(F)F)N2)c1. The lowest BCUT2D eigenvalue weighted by atomic mass is 9.98. The monoisotopic (exact) mass is 473 g/mol. The molecule has 1 amide bonds. The summed E-state index contributed by atoms with van der Waals surface area (Å²) < 4.78 is 39.6. The molecule has 0 bridgehead atoms. The molecule has 0 radical (unpaired) electrons. The summed E-state index contributed by atoms with van der Waals surface area (Å²) in [6.07, 6.45) is 2.47. The van der Waals surface area contributed by atoms with Crippen LogP contribution in [-0.4, -0.2) is 40.1 Å². The van der Waals surface area contributed by atoms with E-state index in [0.29, 0.717) is 10.6 Å². The zero-order valence-corrected chi connectivity index (χ0v) is 19.0. The second kappa shape index (κ2) is 10.0. The van der Waals surface area contributed by atoms with Crippen molar-refractivity contribution in [1.82, 2.24) is 10.4 Å². The number of carbonyl (C=O) groups is 1. The van der Waals surface area contributed by atoms with Gasteiger partial charge in [-0.1, -0.05) is 74.4 Å². The quantitative estimate of drug-likeness (QED) is 0.556. The Balaban J connectivity index is 1.67. The predicted octanol–water partition coefficient (Wildman–Crippen LogP) is 6.04. The van der Waals surface area contributed by atoms with Gasteiger partial charge in [-0.3, -0.25) is 10.2 Å². The van der Waals surface area contributed by atoms with Crippen molar-refractivity contribution in [2.45, 2.75) is 48.9 Å². The summed E-state index contributed by atoms with van der Waals surface area (Å²) in [4.78, 5) is 17.4. The minimum Gasteiger partial charge on any atom is -0.279 e. The lowest BCUT2D eigenvalue weighted by molar-refractivity contribution is -0.165. The number of aliphatic imine (C=N–C) groups is 1. The molecule has 4 rings (SSSR count). The van der Waals surface area contributed by atoms with E-state index in [4.69, 9.17) is 0 Å². The van der Waals surface area contributed by atoms with Crippen LogP contribution in [0, 0.1) is 0 Å². The van der Waals surface area contributed by atoms with Crippen molar-refractivity contribution in [3.8, 4) is 11.1 Å². The molecule has 2 aromatic carbocycles. The minimum absolute atomic E-state index is 0.231. The molecule has 1 N–H and O–H groups in total. The number of amidine groups is 1. The van der Waals surface area contributed by atoms with Crippen LogP contribution in [0.4, 0.5) is 13.2 Å². The number of thioether (sulfide) groups is 1. The van der Waals surface area contributed by atoms with Gasteiger partial charge in [0.25, 0.3) is 5.91 Å². The van der Waals surface area contributed by atoms with Crippen LogP contribution in [-0.2, 0) is 4.79 Å². The molecule has 0 aromatic heterocycles. The maximum Gasteiger partial charge on any atom is 0.408 e. The molecule has 8 heteroatoms. The third kappa shape index (κ3) is 5.79. The fraction of sp³-hybridized carbons (Fsp3) is 0.360. The Kier molecular flexibility index (Phi) is 7.12. The van der Waals surface area contributed by atoms with Gasteiger partial charge in [-0.05, 0) is 35.6 Å². The first-order valence-electron chi connectivity index (χ1n) is 11.0. The van der Waals surface area contributed by atoms with E-state index in [9.17, 15) is 18.0 Å². The van der Waals surface area contributed by atoms with Gasteiger partial charge in [-0.2, -0.15) is 13.2 Å². The molecule has 1 aliphatic heterocycles. The predicted molar refractivity (Wildman–Crippen MR) is 128 cm³/mol. The number of carbonyl (C=O) groups excluding carboxylic acids is 1. The second-order valence-electron chi connectivity index (χ2n) is 8.25. The number of halogens is 3. The highest BCUT2D eigenvalue weighted by Gasteiger charge is 2.40. The Morgan fingerprint density at radius 2 is 1.82 bits per heavy atom. The molecule has 1 fully saturated rings. The van der Waals surface area contributed by atoms with Crippen LogP contribution in [0.25, 0.3) is 17.2 Å². The number of rotatable bonds is 6. The van der Waals surface area contributed by atoms with Crippen LogP contribution >= 0.6 is 11.8 Å². The molecule has 1 unspecified atom stereocenters. The van der Waals surface area contributed by atoms with Crippen molar-refractivity contribution >= 4 is 29.6 Å². The molecule has 2 aromatic rings. The van der Waals surface area contributed by atoms with Gasteiger partial charge >= 0.3 is 6.18 Å². The van der Waals surface area contributed by atoms with Crippen molar-refractivity contribution < 1.29 is 18.0 Å². The standard InChI is InChI=1S/C25H26F3N3OS/c1-2-17-9-6-7-14-21(17)18-10-8-11-19(15-18)22-29-23(33-20-12-4-3-5-13-20)24(32)31(30-22)16-25(26,27)28/h2,6-11,14-15,20,23H,1,3-5,12-13,16H2,(H,29,30). The van der Waals surface area contributed by atoms with Crippen LogP contribution in [0.1, 0.15) is 43.2 Å². The smallest absolute Gasteiger partial charge is 0.279 e. The highest BCUT2D eigenvalue weighted by Crippen LogP contribution is 2.34. The molecule has 1 saturated carbocycles. The third-order valence-electron chi connectivity index (χ3n) is 5.80. The zero-order chi connectivity index (χ0) is 23.4. The summed E-state index contributed by atoms with van der Waals surface area (Å²) in [6, 6.07) is 15.2. The molecular weight excluding hydrogens is 447 g/mol. The van der Waals surface area contributed by atoms with Gasteiger partial charge in [-0.15, -0.1) is 11.8 Å². The highest BCUT2D eigenvalue weighted by atomic mass is 32.2. The Bertz CT molecular complexity index is 1050. The van der Waals surface area contributed by atoms with Crippen LogP contribution < -0.4 is 5.43 Å². The van der Waals surface area contributed by atoms with Crippen molar-refractivity contribution in [3.63, 3.8) is 0 Å². The zero-order valence-electron chi connectivity index (χ0n) is 18.1. The van der Waals surface area contributed by atoms with Crippen molar-refractivity contribution in [3.05, 3.63) is 66.2 Å². The number of amides is 1. The average Bonchev–Trinajstić information content (AvgIpc) is 2.81. The van der Waals surface area contributed by atoms with E-state index in [1.54, 1.807) is 12.1 Å². The second-order valence-corrected chi connectivity index (χ2v) is 9.64. The van der Waals surface area contributed by atoms with Gasteiger partial charge in [0.05, 0.1) is 0 Å². The van der Waals surface area contributed by atoms with E-state index in [2.05, 4.69) is 17.0 Å². The molecule has 0 spiro atoms. The first-order chi connectivity index (χ1) is 15.8. The molecular formula is C25H26F3N3OS. The third-order valence-corrected chi connectivity index (χ3v) is 7.22. The Morgan fingerprint density at radius 1 is 1.09 bits per heavy atom. The van der Waals surface area contributed by atoms with Gasteiger partial charge in [0.1, 0.15) is 12.4 Å². The fourth-order valence-corrected chi connectivity index (χ4v) is 5.58. The van der Waals surface area contributed by atoms with Gasteiger partial charge in [0, 0.05) is 10.8 Å². The summed E-state index contributed by atoms with van der Waals surface area (Å²) in [7, 11) is 0. The molecule has 2 aliphatic rings. The van der Waals surface area contributed by atoms with E-state index >= 15 is 0 Å². The molecule has 4 nitrogen and oxygen atoms in total. The van der Waals surface area contributed by atoms with E-state index in [-0.39, 0.29) is 11.1 Å². The average molecular weight is 474 g/mol. The first kappa shape index (κ1) is 23.4. The van der Waals surface area contributed by atoms with Crippen LogP contribution in [0.3, 0.4) is 0 Å². The van der Waals surface area contributed by atoms with Crippen molar-refractivity contribution in [2.24, 2.45) is 4.99 Å². The number of nitrogens with zero attached hydrogens (tertiary/aromatic N) is 2. The molecule has 33 heavy (non-hydrogen) atoms. The van der Waals surface area contributed by atoms with E-state index in [0.717, 1.165) is 48.8 Å². The number of hydrogen-bond acceptors (Lipinski definition) is 4. The van der Waals surface area contributed by atoms with Crippen LogP contribution in [0.15, 0.2) is 60.1 Å². The molecule has 1 heterocycles. The van der Waals surface area contributed by atoms with E-state index in [1.807, 2.05) is 42.5 Å². The van der Waals surface area contributed by atoms with Crippen molar-refractivity contribution in [1.29, 1.82) is 0 Å². The summed E-state index contributed by atoms with van der Waals surface area (Å²) in [5.74, 6) is -0.384. The molecule has 174 valence electrons. The Labute approximate surface area is 195 Å². The molecule has 0 saturated heterocycles. The topological polar surface area (TPSA) is 44.7 Å². The van der Waals surface area contributed by atoms with Crippen LogP contribution in [0.5, 0.6) is 0 Å². The largest absolute Gasteiger partial charge is 0.408 e. The van der Waals surface area contributed by atoms with Gasteiger partial charge < -0.3 is 0 Å². The van der Waals surface area contributed by atoms with E-state index in [1.165, 1.54) is 11.8 Å². The van der Waals surface area contributed by atoms with Crippen molar-refractivity contribution in [2.75, 3.05) is 6.54 Å². The summed E-state index contributed by atoms with van der Waals surface area (Å²) in [6.45, 7) is 2.49. The normalized spacial score (nSPS) is 19.7. The van der Waals surface area contributed by atoms with E-state index < -0.39 is 24.0 Å². The summed E-state index contributed by atoms with van der Waals surface area (Å²) in [5, 5.41) is -0.00198. The van der Waals surface area contributed by atoms with Crippen LogP contribution in [0.2, 0.25) is 0 Å². The maximum atomic E-state index is 13.2. The Morgan fingerprint density at radius 3 is 2.55 bits per heavy atom. The molecule has 1 atom stereocenters. The highest BCUT2D eigenvalue weighted by molar-refractivity contribution is 8.01. The van der Waals surface area contributed by atoms with Gasteiger partial charge in [0.2, 0.25) is 0 Å². The number of nitrogens with one attached hydrogen (secondary N) is 1. The number of hydrogen-bond donors (Lipinski definition) is 1. The minimum atomic E-state index is -4.52. The maximum absolute atomic E-state index is 13.2. The number of hydrazine groups is 1. The lowest BCUT2D eigenvalue weighted by Crippen LogP contribution is -2.56. The first-order valence-corrected chi connectivity index (χ1v) is 12.0. The Hall–Kier alpha value is -2.74. The van der Waals surface area contributed by atoms with Gasteiger partial charge in [0.15, 0.2) is 5.37 Å². The molecule has 1 aliphatic carbocycles. The summed E-state index contributed by atoms with van der Waals surface area (Å²) in [5.41, 5.74) is 6.06. The number of benzene rings is 2. The van der Waals surface area contributed by atoms with Gasteiger partial charge in [-0.25, -0.2) is 10.0 Å². The lowest BCUT2D eigenvalue weighted by Gasteiger charge is -2.34. The fourth-order valence-electron chi connectivity index (χ4n) is 4.20. The number of alkyl halides is 3. The summed E-state index contributed by atoms with van der Waals surface area (Å²) >= 11 is 1.39.